The molecule has 3 N–H and O–H groups in total. The Morgan fingerprint density at radius 3 is 2.38 bits per heavy atom. The first-order valence-electron chi connectivity index (χ1n) is 7.07. The van der Waals surface area contributed by atoms with Crippen LogP contribution in [0.15, 0.2) is 60.1 Å². The molecular weight excluding hydrogens is 342 g/mol. The van der Waals surface area contributed by atoms with Crippen molar-refractivity contribution < 1.29 is 9.59 Å². The molecule has 0 atom stereocenters. The second-order valence-electron chi connectivity index (χ2n) is 4.88. The third kappa shape index (κ3) is 3.76. The Hall–Kier alpha value is -2.77. The number of anilines is 2. The molecule has 24 heavy (non-hydrogen) atoms. The third-order valence-electron chi connectivity index (χ3n) is 3.19. The fourth-order valence-electron chi connectivity index (χ4n) is 2.07. The van der Waals surface area contributed by atoms with Crippen LogP contribution in [-0.4, -0.2) is 16.8 Å². The summed E-state index contributed by atoms with van der Waals surface area (Å²) in [6.07, 6.45) is 1.67. The minimum Gasteiger partial charge on any atom is -0.352 e. The fraction of sp³-hybridized carbons (Fsp3) is 0. The van der Waals surface area contributed by atoms with E-state index in [1.165, 1.54) is 11.3 Å². The number of nitrogens with one attached hydrogen (secondary N) is 3. The maximum Gasteiger partial charge on any atom is 0.265 e. The van der Waals surface area contributed by atoms with Crippen LogP contribution in [0.3, 0.4) is 0 Å². The highest BCUT2D eigenvalue weighted by Gasteiger charge is 2.10. The zero-order valence-electron chi connectivity index (χ0n) is 12.4. The van der Waals surface area contributed by atoms with Crippen molar-refractivity contribution in [1.29, 1.82) is 0 Å². The van der Waals surface area contributed by atoms with E-state index in [0.29, 0.717) is 26.5 Å². The molecule has 0 bridgehead atoms. The molecule has 0 radical (unpaired) electrons. The summed E-state index contributed by atoms with van der Waals surface area (Å²) >= 11 is 6.47. The van der Waals surface area contributed by atoms with Crippen molar-refractivity contribution in [1.82, 2.24) is 4.98 Å². The normalized spacial score (nSPS) is 10.2. The first-order valence-corrected chi connectivity index (χ1v) is 8.36. The minimum atomic E-state index is -0.307. The van der Waals surface area contributed by atoms with Gasteiger partial charge >= 0.3 is 0 Å². The molecule has 120 valence electrons. The van der Waals surface area contributed by atoms with Crippen LogP contribution in [-0.2, 0) is 0 Å². The molecule has 0 unspecified atom stereocenters. The number of aromatic amines is 1. The molecule has 3 rings (SSSR count). The van der Waals surface area contributed by atoms with Gasteiger partial charge in [0.05, 0.1) is 10.4 Å². The highest BCUT2D eigenvalue weighted by Crippen LogP contribution is 2.18. The van der Waals surface area contributed by atoms with Gasteiger partial charge in [0.25, 0.3) is 11.8 Å². The number of aromatic nitrogens is 1. The first kappa shape index (κ1) is 16.1. The number of carbonyl (C=O) groups is 2. The second kappa shape index (κ2) is 7.20. The van der Waals surface area contributed by atoms with Crippen LogP contribution in [0.5, 0.6) is 0 Å². The van der Waals surface area contributed by atoms with Crippen molar-refractivity contribution in [2.75, 3.05) is 10.6 Å². The van der Waals surface area contributed by atoms with Gasteiger partial charge in [-0.05, 0) is 41.8 Å². The molecule has 1 aromatic carbocycles. The van der Waals surface area contributed by atoms with Crippen LogP contribution in [0, 0.1) is 4.64 Å². The van der Waals surface area contributed by atoms with E-state index in [1.807, 2.05) is 11.4 Å². The van der Waals surface area contributed by atoms with Crippen molar-refractivity contribution in [2.24, 2.45) is 0 Å². The maximum atomic E-state index is 12.3. The highest BCUT2D eigenvalue weighted by atomic mass is 32.1. The summed E-state index contributed by atoms with van der Waals surface area (Å²) in [6.45, 7) is 0. The summed E-state index contributed by atoms with van der Waals surface area (Å²) in [5.74, 6) is -0.488. The van der Waals surface area contributed by atoms with E-state index in [9.17, 15) is 9.59 Å². The largest absolute Gasteiger partial charge is 0.352 e. The minimum absolute atomic E-state index is 0.181. The molecule has 0 aliphatic heterocycles. The molecule has 0 saturated heterocycles. The van der Waals surface area contributed by atoms with Gasteiger partial charge in [-0.25, -0.2) is 0 Å². The van der Waals surface area contributed by atoms with E-state index in [-0.39, 0.29) is 11.8 Å². The Morgan fingerprint density at radius 2 is 1.71 bits per heavy atom. The Balaban J connectivity index is 1.74. The van der Waals surface area contributed by atoms with Crippen molar-refractivity contribution >= 4 is 46.7 Å². The summed E-state index contributed by atoms with van der Waals surface area (Å²) < 4.78 is 0.372. The zero-order chi connectivity index (χ0) is 16.9. The number of benzene rings is 1. The van der Waals surface area contributed by atoms with Crippen molar-refractivity contribution in [3.63, 3.8) is 0 Å². The quantitative estimate of drug-likeness (QED) is 0.611. The van der Waals surface area contributed by atoms with Crippen molar-refractivity contribution in [3.8, 4) is 0 Å². The Labute approximate surface area is 147 Å². The molecule has 0 aliphatic rings. The second-order valence-corrected chi connectivity index (χ2v) is 6.24. The smallest absolute Gasteiger partial charge is 0.265 e. The number of rotatable bonds is 4. The third-order valence-corrected chi connectivity index (χ3v) is 4.39. The molecular formula is C17H13N3O2S2. The Morgan fingerprint density at radius 1 is 0.958 bits per heavy atom. The van der Waals surface area contributed by atoms with Gasteiger partial charge in [0.2, 0.25) is 0 Å². The number of hydrogen-bond donors (Lipinski definition) is 3. The molecule has 0 aliphatic carbocycles. The average molecular weight is 355 g/mol. The molecule has 0 saturated carbocycles. The SMILES string of the molecule is O=C(Nc1cccc(NC(=O)c2ccc[nH]c2=S)c1)c1cccs1. The molecule has 2 aromatic heterocycles. The summed E-state index contributed by atoms with van der Waals surface area (Å²) in [5, 5.41) is 7.42. The van der Waals surface area contributed by atoms with Gasteiger partial charge in [-0.3, -0.25) is 9.59 Å². The Kier molecular flexibility index (Phi) is 4.83. The predicted molar refractivity (Wildman–Crippen MR) is 98.3 cm³/mol. The average Bonchev–Trinajstić information content (AvgIpc) is 3.10. The van der Waals surface area contributed by atoms with Crippen LogP contribution >= 0.6 is 23.6 Å². The Bertz CT molecular complexity index is 933. The highest BCUT2D eigenvalue weighted by molar-refractivity contribution is 7.71. The predicted octanol–water partition coefficient (Wildman–Crippen LogP) is 4.31. The molecule has 7 heteroatoms. The number of pyridine rings is 1. The van der Waals surface area contributed by atoms with Crippen LogP contribution in [0.1, 0.15) is 20.0 Å². The number of H-pyrrole nitrogens is 1. The van der Waals surface area contributed by atoms with E-state index in [0.717, 1.165) is 0 Å². The summed E-state index contributed by atoms with van der Waals surface area (Å²) in [4.78, 5) is 27.8. The number of hydrogen-bond acceptors (Lipinski definition) is 4. The molecule has 3 aromatic rings. The van der Waals surface area contributed by atoms with E-state index in [2.05, 4.69) is 15.6 Å². The standard InChI is InChI=1S/C17H13N3O2S2/c21-15(13-6-2-8-18-17(13)23)19-11-4-1-5-12(10-11)20-16(22)14-7-3-9-24-14/h1-10H,(H,18,23)(H,19,21)(H,20,22). The van der Waals surface area contributed by atoms with Crippen LogP contribution in [0.2, 0.25) is 0 Å². The van der Waals surface area contributed by atoms with Crippen molar-refractivity contribution in [3.05, 3.63) is 75.2 Å². The summed E-state index contributed by atoms with van der Waals surface area (Å²) in [6, 6.07) is 13.9. The van der Waals surface area contributed by atoms with Crippen LogP contribution in [0.4, 0.5) is 11.4 Å². The fourth-order valence-corrected chi connectivity index (χ4v) is 2.92. The lowest BCUT2D eigenvalue weighted by molar-refractivity contribution is 0.102. The van der Waals surface area contributed by atoms with Gasteiger partial charge in [-0.15, -0.1) is 11.3 Å². The molecule has 5 nitrogen and oxygen atoms in total. The number of thiophene rings is 1. The van der Waals surface area contributed by atoms with Gasteiger partial charge in [0, 0.05) is 17.6 Å². The summed E-state index contributed by atoms with van der Waals surface area (Å²) in [7, 11) is 0. The van der Waals surface area contributed by atoms with Gasteiger partial charge in [0.1, 0.15) is 4.64 Å². The lowest BCUT2D eigenvalue weighted by Gasteiger charge is -2.08. The van der Waals surface area contributed by atoms with E-state index < -0.39 is 0 Å². The van der Waals surface area contributed by atoms with E-state index in [4.69, 9.17) is 12.2 Å². The van der Waals surface area contributed by atoms with Crippen LogP contribution in [0.25, 0.3) is 0 Å². The zero-order valence-corrected chi connectivity index (χ0v) is 14.0. The monoisotopic (exact) mass is 355 g/mol. The topological polar surface area (TPSA) is 74.0 Å². The lowest BCUT2D eigenvalue weighted by Crippen LogP contribution is -2.14. The van der Waals surface area contributed by atoms with Crippen LogP contribution < -0.4 is 10.6 Å². The van der Waals surface area contributed by atoms with Gasteiger partial charge in [0.15, 0.2) is 0 Å². The van der Waals surface area contributed by atoms with E-state index >= 15 is 0 Å². The maximum absolute atomic E-state index is 12.3. The molecule has 0 fully saturated rings. The number of amides is 2. The molecule has 2 heterocycles. The van der Waals surface area contributed by atoms with E-state index in [1.54, 1.807) is 48.7 Å². The van der Waals surface area contributed by atoms with Crippen molar-refractivity contribution in [2.45, 2.75) is 0 Å². The molecule has 0 spiro atoms. The van der Waals surface area contributed by atoms with Gasteiger partial charge in [-0.2, -0.15) is 0 Å². The lowest BCUT2D eigenvalue weighted by atomic mass is 10.2. The number of carbonyl (C=O) groups excluding carboxylic acids is 2. The first-order chi connectivity index (χ1) is 11.6. The summed E-state index contributed by atoms with van der Waals surface area (Å²) in [5.41, 5.74) is 1.56. The van der Waals surface area contributed by atoms with Gasteiger partial charge < -0.3 is 15.6 Å². The van der Waals surface area contributed by atoms with Gasteiger partial charge in [-0.1, -0.05) is 24.4 Å². The molecule has 2 amide bonds.